The van der Waals surface area contributed by atoms with Gasteiger partial charge in [-0.1, -0.05) is 38.5 Å². The number of thiol groups is 1. The van der Waals surface area contributed by atoms with Gasteiger partial charge in [0.25, 0.3) is 5.91 Å². The number of amides is 2. The summed E-state index contributed by atoms with van der Waals surface area (Å²) in [7, 11) is 0. The Morgan fingerprint density at radius 3 is 1.85 bits per heavy atom. The van der Waals surface area contributed by atoms with Gasteiger partial charge in [-0.15, -0.1) is 6.42 Å². The van der Waals surface area contributed by atoms with E-state index in [2.05, 4.69) is 23.3 Å². The van der Waals surface area contributed by atoms with Crippen molar-refractivity contribution in [3.05, 3.63) is 0 Å². The fourth-order valence-corrected chi connectivity index (χ4v) is 2.64. The molecule has 0 unspecified atom stereocenters. The maximum absolute atomic E-state index is 11.7. The van der Waals surface area contributed by atoms with Crippen LogP contribution in [-0.4, -0.2) is 57.1 Å². The first-order valence-electron chi connectivity index (χ1n) is 9.98. The van der Waals surface area contributed by atoms with Gasteiger partial charge in [0.15, 0.2) is 0 Å². The Hall–Kier alpha value is -1.23. The first-order chi connectivity index (χ1) is 13.2. The monoisotopic (exact) mass is 400 g/mol. The van der Waals surface area contributed by atoms with Crippen LogP contribution < -0.4 is 10.6 Å². The van der Waals surface area contributed by atoms with Gasteiger partial charge in [0.05, 0.1) is 26.4 Å². The first-order valence-corrected chi connectivity index (χ1v) is 10.6. The molecule has 0 radical (unpaired) electrons. The highest BCUT2D eigenvalue weighted by molar-refractivity contribution is 7.80. The third kappa shape index (κ3) is 20.9. The second kappa shape index (κ2) is 21.1. The molecule has 0 aliphatic heterocycles. The average Bonchev–Trinajstić information content (AvgIpc) is 2.67. The molecule has 0 heterocycles. The molecular weight excluding hydrogens is 364 g/mol. The molecule has 2 amide bonds. The van der Waals surface area contributed by atoms with Crippen LogP contribution in [0.1, 0.15) is 57.8 Å². The van der Waals surface area contributed by atoms with Crippen molar-refractivity contribution in [1.82, 2.24) is 10.6 Å². The maximum Gasteiger partial charge on any atom is 0.295 e. The zero-order valence-electron chi connectivity index (χ0n) is 16.5. The number of rotatable bonds is 19. The number of hydrogen-bond acceptors (Lipinski definition) is 5. The summed E-state index contributed by atoms with van der Waals surface area (Å²) in [6, 6.07) is 0. The molecule has 0 aromatic heterocycles. The van der Waals surface area contributed by atoms with Crippen molar-refractivity contribution in [2.75, 3.05) is 45.3 Å². The summed E-state index contributed by atoms with van der Waals surface area (Å²) in [5, 5.41) is 5.36. The molecule has 0 saturated carbocycles. The molecule has 156 valence electrons. The predicted molar refractivity (Wildman–Crippen MR) is 112 cm³/mol. The smallest absolute Gasteiger partial charge is 0.295 e. The van der Waals surface area contributed by atoms with Crippen molar-refractivity contribution in [2.24, 2.45) is 0 Å². The van der Waals surface area contributed by atoms with E-state index in [1.54, 1.807) is 0 Å². The molecule has 27 heavy (non-hydrogen) atoms. The highest BCUT2D eigenvalue weighted by Crippen LogP contribution is 2.09. The summed E-state index contributed by atoms with van der Waals surface area (Å²) in [5.41, 5.74) is 0. The minimum atomic E-state index is -0.439. The normalized spacial score (nSPS) is 10.4. The molecule has 2 N–H and O–H groups in total. The van der Waals surface area contributed by atoms with E-state index < -0.39 is 5.91 Å². The Labute approximate surface area is 169 Å². The Bertz CT molecular complexity index is 413. The zero-order chi connectivity index (χ0) is 20.0. The second-order valence-corrected chi connectivity index (χ2v) is 6.72. The minimum absolute atomic E-state index is 0.0906. The Morgan fingerprint density at radius 2 is 1.30 bits per heavy atom. The molecule has 6 nitrogen and oxygen atoms in total. The van der Waals surface area contributed by atoms with Gasteiger partial charge in [-0.3, -0.25) is 9.59 Å². The quantitative estimate of drug-likeness (QED) is 0.177. The summed E-state index contributed by atoms with van der Waals surface area (Å²) in [4.78, 5) is 22.5. The van der Waals surface area contributed by atoms with E-state index >= 15 is 0 Å². The van der Waals surface area contributed by atoms with E-state index in [0.717, 1.165) is 18.6 Å². The average molecular weight is 401 g/mol. The first kappa shape index (κ1) is 25.8. The summed E-state index contributed by atoms with van der Waals surface area (Å²) >= 11 is 4.21. The Kier molecular flexibility index (Phi) is 20.1. The van der Waals surface area contributed by atoms with E-state index in [9.17, 15) is 9.59 Å². The molecule has 7 heteroatoms. The summed E-state index contributed by atoms with van der Waals surface area (Å²) in [5.74, 6) is 2.60. The Morgan fingerprint density at radius 1 is 0.778 bits per heavy atom. The van der Waals surface area contributed by atoms with Crippen LogP contribution in [0.4, 0.5) is 0 Å². The zero-order valence-corrected chi connectivity index (χ0v) is 17.4. The molecule has 0 atom stereocenters. The number of carbonyl (C=O) groups excluding carboxylic acids is 2. The lowest BCUT2D eigenvalue weighted by molar-refractivity contribution is -0.121. The predicted octanol–water partition coefficient (Wildman–Crippen LogP) is 2.33. The topological polar surface area (TPSA) is 76.7 Å². The number of terminal acetylenes is 1. The number of hydrogen-bond donors (Lipinski definition) is 3. The maximum atomic E-state index is 11.7. The number of nitrogens with one attached hydrogen (secondary N) is 2. The van der Waals surface area contributed by atoms with E-state index in [1.165, 1.54) is 38.5 Å². The molecule has 0 aromatic rings. The van der Waals surface area contributed by atoms with E-state index in [-0.39, 0.29) is 5.91 Å². The highest BCUT2D eigenvalue weighted by atomic mass is 32.1. The molecule has 0 bridgehead atoms. The van der Waals surface area contributed by atoms with Crippen molar-refractivity contribution < 1.29 is 19.1 Å². The number of carbonyl (C=O) groups is 2. The summed E-state index contributed by atoms with van der Waals surface area (Å²) < 4.78 is 10.6. The van der Waals surface area contributed by atoms with Crippen LogP contribution >= 0.6 is 12.6 Å². The van der Waals surface area contributed by atoms with Crippen LogP contribution in [0.5, 0.6) is 0 Å². The van der Waals surface area contributed by atoms with Crippen molar-refractivity contribution in [3.63, 3.8) is 0 Å². The molecule has 0 spiro atoms. The van der Waals surface area contributed by atoms with Crippen molar-refractivity contribution in [3.8, 4) is 12.3 Å². The largest absolute Gasteiger partial charge is 0.377 e. The van der Waals surface area contributed by atoms with E-state index in [4.69, 9.17) is 15.9 Å². The standard InChI is InChI=1S/C20H36N2O4S/c1-2-19(23)21-12-14-25-16-17-26-15-13-22-20(24)11-9-7-5-3-4-6-8-10-18-27/h1,27H,3-18H2,(H,21,23)(H,22,24). The van der Waals surface area contributed by atoms with Crippen molar-refractivity contribution in [2.45, 2.75) is 57.8 Å². The second-order valence-electron chi connectivity index (χ2n) is 6.28. The van der Waals surface area contributed by atoms with Gasteiger partial charge in [0, 0.05) is 19.5 Å². The van der Waals surface area contributed by atoms with Gasteiger partial charge in [0.1, 0.15) is 0 Å². The fraction of sp³-hybridized carbons (Fsp3) is 0.800. The summed E-state index contributed by atoms with van der Waals surface area (Å²) in [6.07, 6.45) is 15.1. The van der Waals surface area contributed by atoms with Crippen molar-refractivity contribution in [1.29, 1.82) is 0 Å². The fourth-order valence-electron chi connectivity index (χ4n) is 2.42. The highest BCUT2D eigenvalue weighted by Gasteiger charge is 2.00. The van der Waals surface area contributed by atoms with Gasteiger partial charge in [-0.05, 0) is 24.5 Å². The number of ether oxygens (including phenoxy) is 2. The van der Waals surface area contributed by atoms with Crippen LogP contribution in [0.2, 0.25) is 0 Å². The van der Waals surface area contributed by atoms with Crippen LogP contribution in [0.15, 0.2) is 0 Å². The lowest BCUT2D eigenvalue weighted by Gasteiger charge is -2.07. The summed E-state index contributed by atoms with van der Waals surface area (Å²) in [6.45, 7) is 2.65. The van der Waals surface area contributed by atoms with Gasteiger partial charge in [-0.2, -0.15) is 12.6 Å². The number of unbranched alkanes of at least 4 members (excludes halogenated alkanes) is 7. The Balaban J connectivity index is 3.19. The SMILES string of the molecule is C#CC(=O)NCCOCCOCCNC(=O)CCCCCCCCCCS. The van der Waals surface area contributed by atoms with E-state index in [0.29, 0.717) is 45.9 Å². The van der Waals surface area contributed by atoms with Crippen LogP contribution in [0, 0.1) is 12.3 Å². The van der Waals surface area contributed by atoms with Crippen LogP contribution in [0.3, 0.4) is 0 Å². The van der Waals surface area contributed by atoms with E-state index in [1.807, 2.05) is 5.92 Å². The van der Waals surface area contributed by atoms with Gasteiger partial charge in [0.2, 0.25) is 5.91 Å². The van der Waals surface area contributed by atoms with Gasteiger partial charge >= 0.3 is 0 Å². The lowest BCUT2D eigenvalue weighted by Crippen LogP contribution is -2.28. The minimum Gasteiger partial charge on any atom is -0.377 e. The molecule has 0 fully saturated rings. The molecule has 0 rings (SSSR count). The molecular formula is C20H36N2O4S. The molecule has 0 saturated heterocycles. The van der Waals surface area contributed by atoms with Crippen molar-refractivity contribution >= 4 is 24.4 Å². The van der Waals surface area contributed by atoms with Gasteiger partial charge in [-0.25, -0.2) is 0 Å². The molecule has 0 aromatic carbocycles. The van der Waals surface area contributed by atoms with Gasteiger partial charge < -0.3 is 20.1 Å². The molecule has 0 aliphatic carbocycles. The van der Waals surface area contributed by atoms with Crippen LogP contribution in [0.25, 0.3) is 0 Å². The third-order valence-electron chi connectivity index (χ3n) is 3.92. The van der Waals surface area contributed by atoms with Crippen LogP contribution in [-0.2, 0) is 19.1 Å². The molecule has 0 aliphatic rings. The third-order valence-corrected chi connectivity index (χ3v) is 4.23. The lowest BCUT2D eigenvalue weighted by atomic mass is 10.1.